The lowest BCUT2D eigenvalue weighted by Gasteiger charge is -2.46. The van der Waals surface area contributed by atoms with Gasteiger partial charge in [0.25, 0.3) is 5.91 Å². The molecule has 0 radical (unpaired) electrons. The summed E-state index contributed by atoms with van der Waals surface area (Å²) in [5.41, 5.74) is 5.75. The van der Waals surface area contributed by atoms with Crippen molar-refractivity contribution in [3.05, 3.63) is 70.8 Å². The number of nitrogens with zero attached hydrogens (tertiary/aromatic N) is 1. The Bertz CT molecular complexity index is 1140. The fourth-order valence-electron chi connectivity index (χ4n) is 5.70. The molecule has 2 aromatic rings. The Morgan fingerprint density at radius 2 is 1.82 bits per heavy atom. The van der Waals surface area contributed by atoms with E-state index in [9.17, 15) is 22.8 Å². The van der Waals surface area contributed by atoms with Crippen LogP contribution in [-0.4, -0.2) is 48.1 Å². The number of piperidine rings is 1. The van der Waals surface area contributed by atoms with Crippen molar-refractivity contribution in [2.45, 2.75) is 69.8 Å². The van der Waals surface area contributed by atoms with Gasteiger partial charge in [-0.15, -0.1) is 0 Å². The summed E-state index contributed by atoms with van der Waals surface area (Å²) >= 11 is 0. The summed E-state index contributed by atoms with van der Waals surface area (Å²) in [6.45, 7) is 6.11. The molecule has 4 rings (SSSR count). The van der Waals surface area contributed by atoms with E-state index in [2.05, 4.69) is 10.2 Å². The van der Waals surface area contributed by atoms with Crippen LogP contribution in [0.3, 0.4) is 0 Å². The molecule has 2 amide bonds. The molecule has 206 valence electrons. The third kappa shape index (κ3) is 6.21. The number of halogens is 3. The molecule has 2 saturated heterocycles. The van der Waals surface area contributed by atoms with E-state index >= 15 is 0 Å². The van der Waals surface area contributed by atoms with Crippen LogP contribution in [0, 0.1) is 5.92 Å². The van der Waals surface area contributed by atoms with Gasteiger partial charge in [-0.3, -0.25) is 14.5 Å². The van der Waals surface area contributed by atoms with E-state index in [-0.39, 0.29) is 24.4 Å². The molecule has 3 N–H and O–H groups in total. The topological polar surface area (TPSA) is 84.7 Å². The van der Waals surface area contributed by atoms with Gasteiger partial charge in [0.1, 0.15) is 5.60 Å². The van der Waals surface area contributed by atoms with Gasteiger partial charge in [-0.25, -0.2) is 0 Å². The maximum absolute atomic E-state index is 13.3. The molecule has 2 fully saturated rings. The molecule has 2 atom stereocenters. The van der Waals surface area contributed by atoms with E-state index in [0.717, 1.165) is 50.0 Å². The van der Waals surface area contributed by atoms with Gasteiger partial charge in [0.15, 0.2) is 0 Å². The highest BCUT2D eigenvalue weighted by Gasteiger charge is 2.46. The number of nitrogens with one attached hydrogen (secondary N) is 1. The summed E-state index contributed by atoms with van der Waals surface area (Å²) in [6.07, 6.45) is -1.15. The average molecular weight is 532 g/mol. The second-order valence-corrected chi connectivity index (χ2v) is 10.7. The largest absolute Gasteiger partial charge is 0.416 e. The zero-order valence-electron chi connectivity index (χ0n) is 21.9. The molecule has 0 spiro atoms. The number of alkyl halides is 3. The average Bonchev–Trinajstić information content (AvgIpc) is 2.91. The van der Waals surface area contributed by atoms with E-state index in [4.69, 9.17) is 10.5 Å². The van der Waals surface area contributed by atoms with Crippen LogP contribution in [0.1, 0.15) is 72.5 Å². The third-order valence-electron chi connectivity index (χ3n) is 8.10. The number of nitrogens with two attached hydrogens (primary N) is 1. The standard InChI is InChI=1S/C29H36F3N3O3/c1-19(2)28(27(37)34-17-20-5-3-8-24(15-20)29(30,31)32)12-9-25(18-38-28)35-13-10-21(11-14-35)22-6-4-7-23(16-22)26(33)36/h3-8,15-16,19,21,25H,9-14,17-18H2,1-2H3,(H2,33,36)(H,34,37)/t25-,28+/m1/s1. The second-order valence-electron chi connectivity index (χ2n) is 10.7. The van der Waals surface area contributed by atoms with Gasteiger partial charge < -0.3 is 15.8 Å². The Morgan fingerprint density at radius 1 is 1.11 bits per heavy atom. The van der Waals surface area contributed by atoms with Crippen LogP contribution in [-0.2, 0) is 22.3 Å². The molecule has 9 heteroatoms. The van der Waals surface area contributed by atoms with Crippen molar-refractivity contribution in [1.29, 1.82) is 0 Å². The van der Waals surface area contributed by atoms with Gasteiger partial charge in [0.05, 0.1) is 12.2 Å². The van der Waals surface area contributed by atoms with Gasteiger partial charge in [0, 0.05) is 18.2 Å². The predicted molar refractivity (Wildman–Crippen MR) is 138 cm³/mol. The summed E-state index contributed by atoms with van der Waals surface area (Å²) in [7, 11) is 0. The number of likely N-dealkylation sites (tertiary alicyclic amines) is 1. The Hall–Kier alpha value is -2.91. The molecule has 0 bridgehead atoms. The van der Waals surface area contributed by atoms with Crippen LogP contribution in [0.25, 0.3) is 0 Å². The van der Waals surface area contributed by atoms with Crippen LogP contribution < -0.4 is 11.1 Å². The first-order valence-corrected chi connectivity index (χ1v) is 13.2. The zero-order valence-corrected chi connectivity index (χ0v) is 21.9. The van der Waals surface area contributed by atoms with Crippen LogP contribution in [0.5, 0.6) is 0 Å². The highest BCUT2D eigenvalue weighted by atomic mass is 19.4. The van der Waals surface area contributed by atoms with Crippen LogP contribution >= 0.6 is 0 Å². The molecule has 2 aromatic carbocycles. The third-order valence-corrected chi connectivity index (χ3v) is 8.10. The number of hydrogen-bond acceptors (Lipinski definition) is 4. The van der Waals surface area contributed by atoms with Crippen LogP contribution in [0.4, 0.5) is 13.2 Å². The number of primary amides is 1. The fraction of sp³-hybridized carbons (Fsp3) is 0.517. The summed E-state index contributed by atoms with van der Waals surface area (Å²) in [5, 5.41) is 2.82. The van der Waals surface area contributed by atoms with E-state index < -0.39 is 23.2 Å². The summed E-state index contributed by atoms with van der Waals surface area (Å²) < 4.78 is 45.4. The molecule has 0 aromatic heterocycles. The number of ether oxygens (including phenoxy) is 1. The van der Waals surface area contributed by atoms with Gasteiger partial charge in [-0.1, -0.05) is 38.1 Å². The SMILES string of the molecule is CC(C)[C@]1(C(=O)NCc2cccc(C(F)(F)F)c2)CC[C@@H](N2CCC(c3cccc(C(N)=O)c3)CC2)CO1. The first-order chi connectivity index (χ1) is 18.0. The normalized spacial score (nSPS) is 23.4. The van der Waals surface area contributed by atoms with E-state index in [0.29, 0.717) is 30.1 Å². The summed E-state index contributed by atoms with van der Waals surface area (Å²) in [5.74, 6) is -0.424. The summed E-state index contributed by atoms with van der Waals surface area (Å²) in [6, 6.07) is 12.8. The minimum absolute atomic E-state index is 0.00841. The maximum atomic E-state index is 13.3. The molecule has 2 heterocycles. The molecule has 2 aliphatic heterocycles. The minimum atomic E-state index is -4.43. The molecule has 38 heavy (non-hydrogen) atoms. The van der Waals surface area contributed by atoms with Crippen molar-refractivity contribution in [2.24, 2.45) is 11.7 Å². The molecule has 6 nitrogen and oxygen atoms in total. The lowest BCUT2D eigenvalue weighted by molar-refractivity contribution is -0.170. The second kappa shape index (κ2) is 11.5. The molecule has 2 aliphatic rings. The van der Waals surface area contributed by atoms with Gasteiger partial charge in [-0.05, 0) is 86.0 Å². The molecule has 0 saturated carbocycles. The van der Waals surface area contributed by atoms with Crippen molar-refractivity contribution in [3.63, 3.8) is 0 Å². The van der Waals surface area contributed by atoms with Crippen molar-refractivity contribution < 1.29 is 27.5 Å². The van der Waals surface area contributed by atoms with E-state index in [1.807, 2.05) is 32.0 Å². The first kappa shape index (κ1) is 28.1. The zero-order chi connectivity index (χ0) is 27.5. The fourth-order valence-corrected chi connectivity index (χ4v) is 5.70. The van der Waals surface area contributed by atoms with Gasteiger partial charge >= 0.3 is 6.18 Å². The number of carbonyl (C=O) groups excluding carboxylic acids is 2. The van der Waals surface area contributed by atoms with Gasteiger partial charge in [-0.2, -0.15) is 13.2 Å². The molecular weight excluding hydrogens is 495 g/mol. The monoisotopic (exact) mass is 531 g/mol. The first-order valence-electron chi connectivity index (χ1n) is 13.2. The number of hydrogen-bond donors (Lipinski definition) is 2. The molecule has 0 unspecified atom stereocenters. The smallest absolute Gasteiger partial charge is 0.366 e. The highest BCUT2D eigenvalue weighted by molar-refractivity contribution is 5.92. The Morgan fingerprint density at radius 3 is 2.42 bits per heavy atom. The van der Waals surface area contributed by atoms with E-state index in [1.54, 1.807) is 12.1 Å². The Balaban J connectivity index is 1.32. The number of benzene rings is 2. The van der Waals surface area contributed by atoms with Crippen molar-refractivity contribution in [2.75, 3.05) is 19.7 Å². The highest BCUT2D eigenvalue weighted by Crippen LogP contribution is 2.37. The number of carbonyl (C=O) groups is 2. The van der Waals surface area contributed by atoms with Gasteiger partial charge in [0.2, 0.25) is 5.91 Å². The van der Waals surface area contributed by atoms with Crippen molar-refractivity contribution in [3.8, 4) is 0 Å². The Labute approximate surface area is 221 Å². The number of rotatable bonds is 7. The van der Waals surface area contributed by atoms with Crippen LogP contribution in [0.2, 0.25) is 0 Å². The quantitative estimate of drug-likeness (QED) is 0.534. The Kier molecular flexibility index (Phi) is 8.47. The van der Waals surface area contributed by atoms with E-state index in [1.165, 1.54) is 6.07 Å². The minimum Gasteiger partial charge on any atom is -0.366 e. The van der Waals surface area contributed by atoms with Crippen molar-refractivity contribution >= 4 is 11.8 Å². The maximum Gasteiger partial charge on any atom is 0.416 e. The van der Waals surface area contributed by atoms with Crippen molar-refractivity contribution in [1.82, 2.24) is 10.2 Å². The molecule has 0 aliphatic carbocycles. The van der Waals surface area contributed by atoms with Crippen LogP contribution in [0.15, 0.2) is 48.5 Å². The molecular formula is C29H36F3N3O3. The predicted octanol–water partition coefficient (Wildman–Crippen LogP) is 4.87. The number of amides is 2. The lowest BCUT2D eigenvalue weighted by Crippen LogP contribution is -2.58. The summed E-state index contributed by atoms with van der Waals surface area (Å²) in [4.78, 5) is 27.2. The lowest BCUT2D eigenvalue weighted by atomic mass is 9.80.